The number of hydrogen-bond acceptors (Lipinski definition) is 3. The Morgan fingerprint density at radius 3 is 2.40 bits per heavy atom. The molecular formula is C19H23N3O2S. The third kappa shape index (κ3) is 3.63. The molecule has 0 unspecified atom stereocenters. The summed E-state index contributed by atoms with van der Waals surface area (Å²) in [7, 11) is 2.00. The van der Waals surface area contributed by atoms with Crippen molar-refractivity contribution in [3.8, 4) is 0 Å². The maximum absolute atomic E-state index is 13.0. The summed E-state index contributed by atoms with van der Waals surface area (Å²) < 4.78 is 2.05. The summed E-state index contributed by atoms with van der Waals surface area (Å²) in [6.07, 6.45) is 6.15. The molecule has 132 valence electrons. The highest BCUT2D eigenvalue weighted by molar-refractivity contribution is 7.12. The molecule has 2 aromatic rings. The van der Waals surface area contributed by atoms with Gasteiger partial charge in [-0.05, 0) is 49.3 Å². The van der Waals surface area contributed by atoms with E-state index in [1.165, 1.54) is 11.3 Å². The van der Waals surface area contributed by atoms with Crippen molar-refractivity contribution in [2.24, 2.45) is 7.05 Å². The lowest BCUT2D eigenvalue weighted by atomic mass is 10.3. The summed E-state index contributed by atoms with van der Waals surface area (Å²) in [6, 6.07) is 8.35. The number of carbonyl (C=O) groups is 2. The minimum absolute atomic E-state index is 0.000429. The Bertz CT molecular complexity index is 759. The average Bonchev–Trinajstić information content (AvgIpc) is 3.52. The van der Waals surface area contributed by atoms with Gasteiger partial charge in [0.25, 0.3) is 5.91 Å². The Balaban J connectivity index is 1.47. The molecule has 0 radical (unpaired) electrons. The van der Waals surface area contributed by atoms with Crippen LogP contribution in [0, 0.1) is 0 Å². The Kier molecular flexibility index (Phi) is 4.37. The zero-order valence-corrected chi connectivity index (χ0v) is 15.2. The molecule has 2 amide bonds. The van der Waals surface area contributed by atoms with Crippen molar-refractivity contribution < 1.29 is 9.59 Å². The number of rotatable bonds is 7. The van der Waals surface area contributed by atoms with E-state index in [2.05, 4.69) is 10.6 Å². The molecule has 2 aromatic heterocycles. The number of hydrogen-bond donors (Lipinski definition) is 0. The van der Waals surface area contributed by atoms with Gasteiger partial charge in [-0.25, -0.2) is 0 Å². The summed E-state index contributed by atoms with van der Waals surface area (Å²) >= 11 is 1.44. The van der Waals surface area contributed by atoms with E-state index in [0.717, 1.165) is 36.3 Å². The summed E-state index contributed by atoms with van der Waals surface area (Å²) in [5, 5.41) is 1.91. The molecule has 0 spiro atoms. The highest BCUT2D eigenvalue weighted by Crippen LogP contribution is 2.32. The summed E-state index contributed by atoms with van der Waals surface area (Å²) in [5.74, 6) is 0.0703. The molecule has 0 saturated heterocycles. The fourth-order valence-corrected chi connectivity index (χ4v) is 3.85. The van der Waals surface area contributed by atoms with Crippen molar-refractivity contribution in [3.63, 3.8) is 0 Å². The van der Waals surface area contributed by atoms with Crippen LogP contribution in [0.15, 0.2) is 35.8 Å². The molecule has 2 heterocycles. The summed E-state index contributed by atoms with van der Waals surface area (Å²) in [6.45, 7) is 0.820. The Morgan fingerprint density at radius 2 is 1.84 bits per heavy atom. The van der Waals surface area contributed by atoms with Crippen molar-refractivity contribution >= 4 is 23.2 Å². The van der Waals surface area contributed by atoms with Crippen LogP contribution < -0.4 is 0 Å². The second kappa shape index (κ2) is 6.67. The first kappa shape index (κ1) is 16.4. The predicted molar refractivity (Wildman–Crippen MR) is 97.4 cm³/mol. The monoisotopic (exact) mass is 357 g/mol. The van der Waals surface area contributed by atoms with Crippen LogP contribution in [0.2, 0.25) is 0 Å². The van der Waals surface area contributed by atoms with Crippen molar-refractivity contribution in [1.82, 2.24) is 14.4 Å². The van der Waals surface area contributed by atoms with Gasteiger partial charge in [0.15, 0.2) is 0 Å². The lowest BCUT2D eigenvalue weighted by molar-refractivity contribution is -0.133. The van der Waals surface area contributed by atoms with Crippen LogP contribution in [0.3, 0.4) is 0 Å². The van der Waals surface area contributed by atoms with E-state index in [1.54, 1.807) is 4.90 Å². The molecule has 25 heavy (non-hydrogen) atoms. The van der Waals surface area contributed by atoms with Gasteiger partial charge >= 0.3 is 0 Å². The van der Waals surface area contributed by atoms with Gasteiger partial charge in [0, 0.05) is 31.0 Å². The third-order valence-corrected chi connectivity index (χ3v) is 5.84. The molecular weight excluding hydrogens is 334 g/mol. The number of aryl methyl sites for hydroxylation is 1. The van der Waals surface area contributed by atoms with Crippen LogP contribution in [0.25, 0.3) is 0 Å². The van der Waals surface area contributed by atoms with E-state index in [9.17, 15) is 9.59 Å². The number of aromatic nitrogens is 1. The highest BCUT2D eigenvalue weighted by Gasteiger charge is 2.38. The van der Waals surface area contributed by atoms with E-state index in [1.807, 2.05) is 41.7 Å². The molecule has 2 aliphatic rings. The van der Waals surface area contributed by atoms with Gasteiger partial charge < -0.3 is 14.4 Å². The Morgan fingerprint density at radius 1 is 1.12 bits per heavy atom. The Labute approximate surface area is 151 Å². The molecule has 0 aliphatic heterocycles. The molecule has 6 heteroatoms. The van der Waals surface area contributed by atoms with Gasteiger partial charge in [-0.2, -0.15) is 0 Å². The van der Waals surface area contributed by atoms with Gasteiger partial charge in [-0.1, -0.05) is 6.07 Å². The average molecular weight is 357 g/mol. The fourth-order valence-electron chi connectivity index (χ4n) is 3.17. The highest BCUT2D eigenvalue weighted by atomic mass is 32.1. The number of nitrogens with zero attached hydrogens (tertiary/aromatic N) is 3. The van der Waals surface area contributed by atoms with Gasteiger partial charge in [-0.3, -0.25) is 9.59 Å². The third-order valence-electron chi connectivity index (χ3n) is 4.98. The molecule has 2 aliphatic carbocycles. The van der Waals surface area contributed by atoms with Crippen molar-refractivity contribution in [3.05, 3.63) is 46.4 Å². The van der Waals surface area contributed by atoms with E-state index in [0.29, 0.717) is 12.6 Å². The normalized spacial score (nSPS) is 16.7. The molecule has 0 aromatic carbocycles. The first-order chi connectivity index (χ1) is 12.1. The quantitative estimate of drug-likeness (QED) is 0.765. The summed E-state index contributed by atoms with van der Waals surface area (Å²) in [5.41, 5.74) is 1.13. The maximum atomic E-state index is 13.0. The fraction of sp³-hybridized carbons (Fsp3) is 0.474. The Hall–Kier alpha value is -2.08. The smallest absolute Gasteiger partial charge is 0.264 e. The van der Waals surface area contributed by atoms with E-state index in [4.69, 9.17) is 0 Å². The molecule has 0 atom stereocenters. The van der Waals surface area contributed by atoms with E-state index in [-0.39, 0.29) is 24.4 Å². The number of carbonyl (C=O) groups excluding carboxylic acids is 2. The van der Waals surface area contributed by atoms with Gasteiger partial charge in [0.05, 0.1) is 11.4 Å². The van der Waals surface area contributed by atoms with Gasteiger partial charge in [-0.15, -0.1) is 11.3 Å². The first-order valence-corrected chi connectivity index (χ1v) is 9.75. The molecule has 4 rings (SSSR count). The second-order valence-electron chi connectivity index (χ2n) is 7.00. The van der Waals surface area contributed by atoms with Crippen LogP contribution in [-0.2, 0) is 18.4 Å². The summed E-state index contributed by atoms with van der Waals surface area (Å²) in [4.78, 5) is 30.2. The molecule has 2 saturated carbocycles. The lowest BCUT2D eigenvalue weighted by Crippen LogP contribution is -2.44. The zero-order valence-electron chi connectivity index (χ0n) is 14.4. The van der Waals surface area contributed by atoms with E-state index >= 15 is 0 Å². The zero-order chi connectivity index (χ0) is 17.4. The molecule has 0 N–H and O–H groups in total. The standard InChI is InChI=1S/C19H23N3O2S/c1-20-10-2-4-16(20)12-21(14-6-7-14)18(23)13-22(15-8-9-15)19(24)17-5-3-11-25-17/h2-5,10-11,14-15H,6-9,12-13H2,1H3. The largest absolute Gasteiger partial charge is 0.353 e. The van der Waals surface area contributed by atoms with Crippen LogP contribution in [0.5, 0.6) is 0 Å². The molecule has 2 fully saturated rings. The van der Waals surface area contributed by atoms with Gasteiger partial charge in [0.1, 0.15) is 6.54 Å². The van der Waals surface area contributed by atoms with Crippen LogP contribution >= 0.6 is 11.3 Å². The molecule has 0 bridgehead atoms. The number of thiophene rings is 1. The van der Waals surface area contributed by atoms with Gasteiger partial charge in [0.2, 0.25) is 5.91 Å². The van der Waals surface area contributed by atoms with Crippen LogP contribution in [0.4, 0.5) is 0 Å². The topological polar surface area (TPSA) is 45.6 Å². The van der Waals surface area contributed by atoms with Crippen LogP contribution in [0.1, 0.15) is 41.0 Å². The van der Waals surface area contributed by atoms with Crippen LogP contribution in [-0.4, -0.2) is 44.8 Å². The maximum Gasteiger partial charge on any atom is 0.264 e. The SMILES string of the molecule is Cn1cccc1CN(C(=O)CN(C(=O)c1cccs1)C1CC1)C1CC1. The minimum Gasteiger partial charge on any atom is -0.353 e. The van der Waals surface area contributed by atoms with Crippen molar-refractivity contribution in [1.29, 1.82) is 0 Å². The van der Waals surface area contributed by atoms with E-state index < -0.39 is 0 Å². The number of amides is 2. The second-order valence-corrected chi connectivity index (χ2v) is 7.95. The van der Waals surface area contributed by atoms with Crippen molar-refractivity contribution in [2.45, 2.75) is 44.3 Å². The molecule has 5 nitrogen and oxygen atoms in total. The van der Waals surface area contributed by atoms with Crippen molar-refractivity contribution in [2.75, 3.05) is 6.54 Å². The lowest BCUT2D eigenvalue weighted by Gasteiger charge is -2.27. The predicted octanol–water partition coefficient (Wildman–Crippen LogP) is 2.88. The minimum atomic E-state index is 0.000429. The first-order valence-electron chi connectivity index (χ1n) is 8.87.